The van der Waals surface area contributed by atoms with E-state index in [1.807, 2.05) is 11.7 Å². The van der Waals surface area contributed by atoms with Gasteiger partial charge in [-0.05, 0) is 51.0 Å². The summed E-state index contributed by atoms with van der Waals surface area (Å²) in [5, 5.41) is 11.4. The number of aryl methyl sites for hydroxylation is 2. The van der Waals surface area contributed by atoms with Crippen LogP contribution in [0.2, 0.25) is 0 Å². The summed E-state index contributed by atoms with van der Waals surface area (Å²) in [5.74, 6) is 1.48. The van der Waals surface area contributed by atoms with E-state index in [1.54, 1.807) is 19.0 Å². The molecule has 1 saturated carbocycles. The summed E-state index contributed by atoms with van der Waals surface area (Å²) >= 11 is 0. The van der Waals surface area contributed by atoms with Gasteiger partial charge in [-0.3, -0.25) is 9.48 Å². The van der Waals surface area contributed by atoms with Crippen LogP contribution < -0.4 is 10.6 Å². The highest BCUT2D eigenvalue weighted by Gasteiger charge is 2.14. The van der Waals surface area contributed by atoms with Crippen molar-refractivity contribution in [1.82, 2.24) is 25.3 Å². The summed E-state index contributed by atoms with van der Waals surface area (Å²) in [6, 6.07) is 0. The topological polar surface area (TPSA) is 74.5 Å². The second-order valence-corrected chi connectivity index (χ2v) is 8.14. The Bertz CT molecular complexity index is 664. The first-order valence-electron chi connectivity index (χ1n) is 10.6. The van der Waals surface area contributed by atoms with Crippen molar-refractivity contribution in [3.8, 4) is 0 Å². The largest absolute Gasteiger partial charge is 0.356 e. The highest BCUT2D eigenvalue weighted by Crippen LogP contribution is 2.22. The van der Waals surface area contributed by atoms with Crippen molar-refractivity contribution in [2.45, 2.75) is 58.8 Å². The van der Waals surface area contributed by atoms with Crippen molar-refractivity contribution in [1.29, 1.82) is 0 Å². The van der Waals surface area contributed by atoms with Crippen molar-refractivity contribution >= 4 is 35.8 Å². The minimum absolute atomic E-state index is 0. The number of hydrogen-bond acceptors (Lipinski definition) is 3. The van der Waals surface area contributed by atoms with Crippen LogP contribution in [-0.4, -0.2) is 60.3 Å². The van der Waals surface area contributed by atoms with E-state index in [2.05, 4.69) is 34.6 Å². The standard InChI is InChI=1S/C21H38N6O.HI/c1-16-19(17(2)27(5)25-16)12-9-13-22-21(24-15-20(28)26(3)4)23-14-18-10-7-6-8-11-18;/h18H,6-15H2,1-5H3,(H2,22,23,24);1H. The summed E-state index contributed by atoms with van der Waals surface area (Å²) in [4.78, 5) is 18.0. The van der Waals surface area contributed by atoms with E-state index >= 15 is 0 Å². The van der Waals surface area contributed by atoms with E-state index in [-0.39, 0.29) is 36.4 Å². The van der Waals surface area contributed by atoms with Crippen LogP contribution >= 0.6 is 24.0 Å². The van der Waals surface area contributed by atoms with Gasteiger partial charge in [-0.25, -0.2) is 4.99 Å². The third-order valence-electron chi connectivity index (χ3n) is 5.71. The normalized spacial score (nSPS) is 15.0. The molecule has 0 spiro atoms. The smallest absolute Gasteiger partial charge is 0.243 e. The Kier molecular flexibility index (Phi) is 11.6. The average Bonchev–Trinajstić information content (AvgIpc) is 2.92. The van der Waals surface area contributed by atoms with Crippen LogP contribution in [-0.2, 0) is 18.3 Å². The maximum absolute atomic E-state index is 11.9. The summed E-state index contributed by atoms with van der Waals surface area (Å²) < 4.78 is 1.95. The molecule has 1 amide bonds. The van der Waals surface area contributed by atoms with Gasteiger partial charge in [0.1, 0.15) is 6.54 Å². The molecule has 0 radical (unpaired) electrons. The van der Waals surface area contributed by atoms with Crippen LogP contribution in [0.25, 0.3) is 0 Å². The lowest BCUT2D eigenvalue weighted by Crippen LogP contribution is -2.41. The number of carbonyl (C=O) groups excluding carboxylic acids is 1. The van der Waals surface area contributed by atoms with Gasteiger partial charge in [0.05, 0.1) is 5.69 Å². The third-order valence-corrected chi connectivity index (χ3v) is 5.71. The zero-order valence-electron chi connectivity index (χ0n) is 18.8. The number of aliphatic imine (C=N–C) groups is 1. The van der Waals surface area contributed by atoms with Gasteiger partial charge in [-0.15, -0.1) is 24.0 Å². The molecule has 0 unspecified atom stereocenters. The van der Waals surface area contributed by atoms with E-state index in [9.17, 15) is 4.79 Å². The number of halogens is 1. The van der Waals surface area contributed by atoms with Gasteiger partial charge in [-0.2, -0.15) is 5.10 Å². The van der Waals surface area contributed by atoms with Crippen molar-refractivity contribution in [3.05, 3.63) is 17.0 Å². The molecule has 1 aromatic heterocycles. The molecule has 0 aromatic carbocycles. The Labute approximate surface area is 193 Å². The second-order valence-electron chi connectivity index (χ2n) is 8.14. The molecule has 0 aliphatic heterocycles. The van der Waals surface area contributed by atoms with Crippen LogP contribution in [0.1, 0.15) is 55.5 Å². The van der Waals surface area contributed by atoms with Gasteiger partial charge in [0.15, 0.2) is 5.96 Å². The molecule has 1 heterocycles. The van der Waals surface area contributed by atoms with Crippen molar-refractivity contribution in [2.24, 2.45) is 18.0 Å². The van der Waals surface area contributed by atoms with Crippen LogP contribution in [0, 0.1) is 19.8 Å². The molecular formula is C21H39IN6O. The fraction of sp³-hybridized carbons (Fsp3) is 0.762. The summed E-state index contributed by atoms with van der Waals surface area (Å²) in [7, 11) is 5.52. The zero-order valence-corrected chi connectivity index (χ0v) is 21.1. The lowest BCUT2D eigenvalue weighted by Gasteiger charge is -2.23. The monoisotopic (exact) mass is 518 g/mol. The molecule has 0 saturated heterocycles. The summed E-state index contributed by atoms with van der Waals surface area (Å²) in [5.41, 5.74) is 3.68. The first-order chi connectivity index (χ1) is 13.4. The quantitative estimate of drug-likeness (QED) is 0.240. The predicted molar refractivity (Wildman–Crippen MR) is 130 cm³/mol. The molecule has 2 N–H and O–H groups in total. The van der Waals surface area contributed by atoms with Crippen LogP contribution in [0.4, 0.5) is 0 Å². The first-order valence-corrected chi connectivity index (χ1v) is 10.6. The fourth-order valence-corrected chi connectivity index (χ4v) is 3.75. The van der Waals surface area contributed by atoms with Crippen LogP contribution in [0.15, 0.2) is 4.99 Å². The Morgan fingerprint density at radius 3 is 2.48 bits per heavy atom. The van der Waals surface area contributed by atoms with Crippen molar-refractivity contribution in [2.75, 3.05) is 33.7 Å². The lowest BCUT2D eigenvalue weighted by molar-refractivity contribution is -0.127. The maximum Gasteiger partial charge on any atom is 0.243 e. The Morgan fingerprint density at radius 1 is 1.21 bits per heavy atom. The third kappa shape index (κ3) is 8.52. The predicted octanol–water partition coefficient (Wildman–Crippen LogP) is 2.79. The fourth-order valence-electron chi connectivity index (χ4n) is 3.75. The highest BCUT2D eigenvalue weighted by molar-refractivity contribution is 14.0. The van der Waals surface area contributed by atoms with Crippen molar-refractivity contribution in [3.63, 3.8) is 0 Å². The second kappa shape index (κ2) is 13.1. The van der Waals surface area contributed by atoms with Gasteiger partial charge in [0.2, 0.25) is 5.91 Å². The van der Waals surface area contributed by atoms with Gasteiger partial charge in [0, 0.05) is 39.9 Å². The molecule has 1 aromatic rings. The average molecular weight is 518 g/mol. The molecule has 0 atom stereocenters. The molecule has 1 aliphatic rings. The number of likely N-dealkylation sites (N-methyl/N-ethyl adjacent to an activating group) is 1. The lowest BCUT2D eigenvalue weighted by atomic mass is 9.89. The van der Waals surface area contributed by atoms with E-state index in [0.29, 0.717) is 5.92 Å². The maximum atomic E-state index is 11.9. The molecule has 2 rings (SSSR count). The Morgan fingerprint density at radius 2 is 1.90 bits per heavy atom. The molecule has 1 aliphatic carbocycles. The van der Waals surface area contributed by atoms with E-state index in [0.717, 1.165) is 37.6 Å². The Balaban J connectivity index is 0.00000420. The van der Waals surface area contributed by atoms with Crippen LogP contribution in [0.3, 0.4) is 0 Å². The van der Waals surface area contributed by atoms with Gasteiger partial charge in [-0.1, -0.05) is 19.3 Å². The number of nitrogens with one attached hydrogen (secondary N) is 2. The van der Waals surface area contributed by atoms with Crippen LogP contribution in [0.5, 0.6) is 0 Å². The zero-order chi connectivity index (χ0) is 20.5. The van der Waals surface area contributed by atoms with Gasteiger partial charge >= 0.3 is 0 Å². The number of carbonyl (C=O) groups is 1. The molecule has 1 fully saturated rings. The molecule has 29 heavy (non-hydrogen) atoms. The Hall–Kier alpha value is -1.32. The van der Waals surface area contributed by atoms with Gasteiger partial charge in [0.25, 0.3) is 0 Å². The summed E-state index contributed by atoms with van der Waals surface area (Å²) in [6.45, 7) is 6.12. The number of hydrogen-bond donors (Lipinski definition) is 2. The minimum atomic E-state index is 0. The van der Waals surface area contributed by atoms with E-state index in [1.165, 1.54) is 43.4 Å². The number of guanidine groups is 1. The molecular weight excluding hydrogens is 479 g/mol. The minimum Gasteiger partial charge on any atom is -0.356 e. The van der Waals surface area contributed by atoms with E-state index < -0.39 is 0 Å². The number of amides is 1. The SMILES string of the molecule is Cc1nn(C)c(C)c1CCCNC(=NCC(=O)N(C)C)NCC1CCCCC1.I. The number of rotatable bonds is 8. The molecule has 166 valence electrons. The molecule has 8 heteroatoms. The first kappa shape index (κ1) is 25.7. The van der Waals surface area contributed by atoms with Crippen molar-refractivity contribution < 1.29 is 4.79 Å². The van der Waals surface area contributed by atoms with Gasteiger partial charge < -0.3 is 15.5 Å². The molecule has 0 bridgehead atoms. The highest BCUT2D eigenvalue weighted by atomic mass is 127. The van der Waals surface area contributed by atoms with E-state index in [4.69, 9.17) is 0 Å². The number of aromatic nitrogens is 2. The number of nitrogens with zero attached hydrogens (tertiary/aromatic N) is 4. The molecule has 7 nitrogen and oxygen atoms in total. The summed E-state index contributed by atoms with van der Waals surface area (Å²) in [6.07, 6.45) is 8.58.